The quantitative estimate of drug-likeness (QED) is 0.792. The predicted octanol–water partition coefficient (Wildman–Crippen LogP) is 2.69. The molecule has 0 aromatic heterocycles. The van der Waals surface area contributed by atoms with Crippen molar-refractivity contribution in [2.24, 2.45) is 5.73 Å². The van der Waals surface area contributed by atoms with E-state index >= 15 is 0 Å². The van der Waals surface area contributed by atoms with Crippen molar-refractivity contribution in [3.8, 4) is 0 Å². The lowest BCUT2D eigenvalue weighted by atomic mass is 9.95. The highest BCUT2D eigenvalue weighted by molar-refractivity contribution is 5.25. The van der Waals surface area contributed by atoms with Gasteiger partial charge in [0, 0.05) is 5.92 Å². The van der Waals surface area contributed by atoms with Crippen molar-refractivity contribution in [1.82, 2.24) is 0 Å². The lowest BCUT2D eigenvalue weighted by molar-refractivity contribution is 0.111. The van der Waals surface area contributed by atoms with Crippen molar-refractivity contribution >= 4 is 0 Å². The Hall–Kier alpha value is -0.960. The van der Waals surface area contributed by atoms with Crippen molar-refractivity contribution in [1.29, 1.82) is 0 Å². The number of hydrogen-bond donors (Lipinski definition) is 1. The van der Waals surface area contributed by atoms with Crippen LogP contribution >= 0.6 is 0 Å². The Morgan fingerprint density at radius 2 is 1.79 bits per heavy atom. The standard InChI is InChI=1S/C11H15F2N/c1-8-2-4-9(5-3-8)10(6-7-14)11(12)13/h2-5,10-11H,6-7,14H2,1H3. The number of alkyl halides is 2. The Kier molecular flexibility index (Phi) is 4.01. The van der Waals surface area contributed by atoms with Crippen molar-refractivity contribution < 1.29 is 8.78 Å². The Bertz CT molecular complexity index is 269. The Balaban J connectivity index is 2.82. The van der Waals surface area contributed by atoms with E-state index in [0.717, 1.165) is 5.56 Å². The highest BCUT2D eigenvalue weighted by atomic mass is 19.3. The molecule has 0 fully saturated rings. The van der Waals surface area contributed by atoms with E-state index in [1.807, 2.05) is 19.1 Å². The summed E-state index contributed by atoms with van der Waals surface area (Å²) in [7, 11) is 0. The predicted molar refractivity (Wildman–Crippen MR) is 53.6 cm³/mol. The van der Waals surface area contributed by atoms with E-state index in [9.17, 15) is 8.78 Å². The van der Waals surface area contributed by atoms with E-state index in [4.69, 9.17) is 5.73 Å². The summed E-state index contributed by atoms with van der Waals surface area (Å²) in [5.74, 6) is -0.722. The molecule has 78 valence electrons. The SMILES string of the molecule is Cc1ccc(C(CCN)C(F)F)cc1. The molecule has 0 saturated heterocycles. The first-order chi connectivity index (χ1) is 6.65. The third-order valence-corrected chi connectivity index (χ3v) is 2.29. The van der Waals surface area contributed by atoms with Crippen LogP contribution in [-0.2, 0) is 0 Å². The molecule has 1 aromatic rings. The molecule has 0 bridgehead atoms. The molecule has 0 aliphatic rings. The molecule has 1 aromatic carbocycles. The van der Waals surface area contributed by atoms with Gasteiger partial charge in [0.15, 0.2) is 0 Å². The van der Waals surface area contributed by atoms with Gasteiger partial charge in [0.05, 0.1) is 0 Å². The van der Waals surface area contributed by atoms with Crippen LogP contribution in [0.2, 0.25) is 0 Å². The first-order valence-corrected chi connectivity index (χ1v) is 4.70. The molecular weight excluding hydrogens is 184 g/mol. The van der Waals surface area contributed by atoms with Crippen LogP contribution in [0.4, 0.5) is 8.78 Å². The molecule has 14 heavy (non-hydrogen) atoms. The van der Waals surface area contributed by atoms with E-state index in [2.05, 4.69) is 0 Å². The van der Waals surface area contributed by atoms with Gasteiger partial charge in [0.2, 0.25) is 6.43 Å². The second-order valence-corrected chi connectivity index (χ2v) is 3.43. The number of hydrogen-bond acceptors (Lipinski definition) is 1. The first-order valence-electron chi connectivity index (χ1n) is 4.70. The molecule has 1 rings (SSSR count). The molecule has 0 spiro atoms. The Labute approximate surface area is 82.9 Å². The Morgan fingerprint density at radius 3 is 2.21 bits per heavy atom. The second-order valence-electron chi connectivity index (χ2n) is 3.43. The minimum absolute atomic E-state index is 0.295. The molecule has 0 amide bonds. The zero-order chi connectivity index (χ0) is 10.6. The zero-order valence-electron chi connectivity index (χ0n) is 8.21. The number of benzene rings is 1. The van der Waals surface area contributed by atoms with E-state index in [-0.39, 0.29) is 0 Å². The molecule has 0 saturated carbocycles. The molecule has 1 unspecified atom stereocenters. The lowest BCUT2D eigenvalue weighted by Gasteiger charge is -2.15. The fourth-order valence-corrected chi connectivity index (χ4v) is 1.43. The van der Waals surface area contributed by atoms with Gasteiger partial charge < -0.3 is 5.73 Å². The van der Waals surface area contributed by atoms with Crippen LogP contribution in [0.1, 0.15) is 23.5 Å². The number of aryl methyl sites for hydroxylation is 1. The summed E-state index contributed by atoms with van der Waals surface area (Å²) < 4.78 is 25.2. The van der Waals surface area contributed by atoms with Crippen LogP contribution in [0.3, 0.4) is 0 Å². The summed E-state index contributed by atoms with van der Waals surface area (Å²) >= 11 is 0. The highest BCUT2D eigenvalue weighted by Crippen LogP contribution is 2.26. The maximum atomic E-state index is 12.6. The molecule has 0 aliphatic heterocycles. The van der Waals surface area contributed by atoms with E-state index < -0.39 is 12.3 Å². The van der Waals surface area contributed by atoms with E-state index in [1.165, 1.54) is 0 Å². The summed E-state index contributed by atoms with van der Waals surface area (Å²) in [6.45, 7) is 2.23. The van der Waals surface area contributed by atoms with Gasteiger partial charge >= 0.3 is 0 Å². The van der Waals surface area contributed by atoms with Crippen LogP contribution in [0.5, 0.6) is 0 Å². The highest BCUT2D eigenvalue weighted by Gasteiger charge is 2.20. The summed E-state index contributed by atoms with van der Waals surface area (Å²) in [5, 5.41) is 0. The van der Waals surface area contributed by atoms with Crippen LogP contribution in [-0.4, -0.2) is 13.0 Å². The normalized spacial score (nSPS) is 13.2. The fourth-order valence-electron chi connectivity index (χ4n) is 1.43. The van der Waals surface area contributed by atoms with Crippen molar-refractivity contribution in [2.75, 3.05) is 6.54 Å². The summed E-state index contributed by atoms with van der Waals surface area (Å²) in [6, 6.07) is 7.20. The first kappa shape index (κ1) is 11.1. The maximum absolute atomic E-state index is 12.6. The number of rotatable bonds is 4. The van der Waals surface area contributed by atoms with Crippen molar-refractivity contribution in [3.63, 3.8) is 0 Å². The molecule has 0 aliphatic carbocycles. The second kappa shape index (κ2) is 5.05. The van der Waals surface area contributed by atoms with E-state index in [0.29, 0.717) is 18.5 Å². The summed E-state index contributed by atoms with van der Waals surface area (Å²) in [4.78, 5) is 0. The lowest BCUT2D eigenvalue weighted by Crippen LogP contribution is -2.14. The summed E-state index contributed by atoms with van der Waals surface area (Å²) in [5.41, 5.74) is 7.06. The minimum Gasteiger partial charge on any atom is -0.330 e. The average molecular weight is 199 g/mol. The van der Waals surface area contributed by atoms with Gasteiger partial charge in [0.1, 0.15) is 0 Å². The monoisotopic (exact) mass is 199 g/mol. The topological polar surface area (TPSA) is 26.0 Å². The zero-order valence-corrected chi connectivity index (χ0v) is 8.21. The van der Waals surface area contributed by atoms with E-state index in [1.54, 1.807) is 12.1 Å². The minimum atomic E-state index is -2.33. The molecule has 3 heteroatoms. The number of halogens is 2. The van der Waals surface area contributed by atoms with Crippen LogP contribution in [0.15, 0.2) is 24.3 Å². The number of nitrogens with two attached hydrogens (primary N) is 1. The van der Waals surface area contributed by atoms with Gasteiger partial charge in [-0.25, -0.2) is 8.78 Å². The molecule has 0 heterocycles. The van der Waals surface area contributed by atoms with Gasteiger partial charge in [-0.3, -0.25) is 0 Å². The van der Waals surface area contributed by atoms with Crippen molar-refractivity contribution in [3.05, 3.63) is 35.4 Å². The molecule has 0 radical (unpaired) electrons. The molecule has 1 nitrogen and oxygen atoms in total. The largest absolute Gasteiger partial charge is 0.330 e. The summed E-state index contributed by atoms with van der Waals surface area (Å²) in [6.07, 6.45) is -2.00. The average Bonchev–Trinajstić information content (AvgIpc) is 2.15. The maximum Gasteiger partial charge on any atom is 0.245 e. The molecular formula is C11H15F2N. The van der Waals surface area contributed by atoms with Crippen LogP contribution in [0.25, 0.3) is 0 Å². The molecule has 2 N–H and O–H groups in total. The van der Waals surface area contributed by atoms with Crippen molar-refractivity contribution in [2.45, 2.75) is 25.7 Å². The van der Waals surface area contributed by atoms with Gasteiger partial charge in [-0.1, -0.05) is 29.8 Å². The molecule has 1 atom stereocenters. The van der Waals surface area contributed by atoms with Gasteiger partial charge in [0.25, 0.3) is 0 Å². The van der Waals surface area contributed by atoms with Crippen LogP contribution in [0, 0.1) is 6.92 Å². The van der Waals surface area contributed by atoms with Gasteiger partial charge in [-0.2, -0.15) is 0 Å². The fraction of sp³-hybridized carbons (Fsp3) is 0.455. The third kappa shape index (κ3) is 2.77. The Morgan fingerprint density at radius 1 is 1.21 bits per heavy atom. The third-order valence-electron chi connectivity index (χ3n) is 2.29. The smallest absolute Gasteiger partial charge is 0.245 e. The van der Waals surface area contributed by atoms with Gasteiger partial charge in [-0.15, -0.1) is 0 Å². The van der Waals surface area contributed by atoms with Gasteiger partial charge in [-0.05, 0) is 25.5 Å². The van der Waals surface area contributed by atoms with Crippen LogP contribution < -0.4 is 5.73 Å².